The lowest BCUT2D eigenvalue weighted by Crippen LogP contribution is -2.01. The molecule has 1 rings (SSSR count). The lowest BCUT2D eigenvalue weighted by atomic mass is 10.1. The Kier molecular flexibility index (Phi) is 2.42. The zero-order valence-corrected chi connectivity index (χ0v) is 6.49. The van der Waals surface area contributed by atoms with E-state index in [2.05, 4.69) is 23.9 Å². The van der Waals surface area contributed by atoms with Crippen molar-refractivity contribution < 1.29 is 0 Å². The molecule has 0 aliphatic carbocycles. The minimum Gasteiger partial charge on any atom is -0.253 e. The van der Waals surface area contributed by atoms with Crippen molar-refractivity contribution in [1.82, 2.24) is 14.8 Å². The van der Waals surface area contributed by atoms with Crippen molar-refractivity contribution in [2.75, 3.05) is 0 Å². The van der Waals surface area contributed by atoms with E-state index in [1.165, 1.54) is 6.42 Å². The normalized spacial score (nSPS) is 10.7. The lowest BCUT2D eigenvalue weighted by Gasteiger charge is -2.02. The van der Waals surface area contributed by atoms with Gasteiger partial charge in [0.1, 0.15) is 12.7 Å². The minimum atomic E-state index is 0.740. The molecule has 0 amide bonds. The van der Waals surface area contributed by atoms with Crippen molar-refractivity contribution in [1.29, 1.82) is 0 Å². The highest BCUT2D eigenvalue weighted by Crippen LogP contribution is 1.99. The topological polar surface area (TPSA) is 30.7 Å². The predicted molar refractivity (Wildman–Crippen MR) is 39.5 cm³/mol. The summed E-state index contributed by atoms with van der Waals surface area (Å²) in [7, 11) is 0. The molecule has 0 bridgehead atoms. The average Bonchev–Trinajstić information content (AvgIpc) is 2.34. The Morgan fingerprint density at radius 1 is 1.50 bits per heavy atom. The molecule has 56 valence electrons. The van der Waals surface area contributed by atoms with Gasteiger partial charge in [0.05, 0.1) is 0 Å². The maximum absolute atomic E-state index is 3.99. The molecule has 0 atom stereocenters. The first-order valence-corrected chi connectivity index (χ1v) is 3.61. The number of nitrogens with zero attached hydrogens (tertiary/aromatic N) is 3. The van der Waals surface area contributed by atoms with Gasteiger partial charge in [-0.15, -0.1) is 0 Å². The summed E-state index contributed by atoms with van der Waals surface area (Å²) < 4.78 is 1.86. The number of hydrogen-bond acceptors (Lipinski definition) is 2. The molecule has 10 heavy (non-hydrogen) atoms. The van der Waals surface area contributed by atoms with Crippen LogP contribution in [0.2, 0.25) is 0 Å². The Labute approximate surface area is 61.1 Å². The minimum absolute atomic E-state index is 0.740. The maximum atomic E-state index is 3.99. The van der Waals surface area contributed by atoms with Gasteiger partial charge in [-0.3, -0.25) is 4.68 Å². The summed E-state index contributed by atoms with van der Waals surface area (Å²) in [5.74, 6) is 0.740. The van der Waals surface area contributed by atoms with E-state index < -0.39 is 0 Å². The molecule has 1 aromatic rings. The summed E-state index contributed by atoms with van der Waals surface area (Å²) >= 11 is 0. The first kappa shape index (κ1) is 7.25. The monoisotopic (exact) mass is 139 g/mol. The molecule has 0 aliphatic rings. The molecular weight excluding hydrogens is 126 g/mol. The van der Waals surface area contributed by atoms with Crippen LogP contribution in [0.5, 0.6) is 0 Å². The molecule has 0 aliphatic heterocycles. The van der Waals surface area contributed by atoms with Crippen molar-refractivity contribution in [3.05, 3.63) is 12.7 Å². The Hall–Kier alpha value is -0.860. The third-order valence-corrected chi connectivity index (χ3v) is 1.40. The molecule has 0 saturated heterocycles. The summed E-state index contributed by atoms with van der Waals surface area (Å²) in [6.07, 6.45) is 4.49. The van der Waals surface area contributed by atoms with Crippen LogP contribution in [-0.4, -0.2) is 14.8 Å². The zero-order valence-electron chi connectivity index (χ0n) is 6.49. The number of rotatable bonds is 3. The smallest absolute Gasteiger partial charge is 0.137 e. The van der Waals surface area contributed by atoms with E-state index in [1.54, 1.807) is 12.7 Å². The molecule has 0 fully saturated rings. The molecule has 1 heterocycles. The van der Waals surface area contributed by atoms with Crippen molar-refractivity contribution in [3.63, 3.8) is 0 Å². The lowest BCUT2D eigenvalue weighted by molar-refractivity contribution is 0.486. The van der Waals surface area contributed by atoms with Gasteiger partial charge in [-0.05, 0) is 12.3 Å². The summed E-state index contributed by atoms with van der Waals surface area (Å²) in [4.78, 5) is 3.85. The molecule has 0 N–H and O–H groups in total. The summed E-state index contributed by atoms with van der Waals surface area (Å²) in [5.41, 5.74) is 0. The van der Waals surface area contributed by atoms with Gasteiger partial charge in [0.15, 0.2) is 0 Å². The number of aromatic nitrogens is 3. The van der Waals surface area contributed by atoms with E-state index in [-0.39, 0.29) is 0 Å². The molecule has 0 saturated carbocycles. The fourth-order valence-electron chi connectivity index (χ4n) is 0.739. The van der Waals surface area contributed by atoms with E-state index in [0.29, 0.717) is 0 Å². The van der Waals surface area contributed by atoms with E-state index in [0.717, 1.165) is 12.5 Å². The maximum Gasteiger partial charge on any atom is 0.137 e. The quantitative estimate of drug-likeness (QED) is 0.632. The molecule has 1 aromatic heterocycles. The van der Waals surface area contributed by atoms with Gasteiger partial charge in [-0.25, -0.2) is 4.98 Å². The van der Waals surface area contributed by atoms with Crippen LogP contribution in [0.15, 0.2) is 12.7 Å². The molecule has 0 spiro atoms. The number of aryl methyl sites for hydroxylation is 1. The molecule has 3 heteroatoms. The second-order valence-corrected chi connectivity index (χ2v) is 2.84. The first-order chi connectivity index (χ1) is 4.79. The highest BCUT2D eigenvalue weighted by molar-refractivity contribution is 4.56. The largest absolute Gasteiger partial charge is 0.253 e. The summed E-state index contributed by atoms with van der Waals surface area (Å²) in [6, 6.07) is 0. The predicted octanol–water partition coefficient (Wildman–Crippen LogP) is 1.32. The van der Waals surface area contributed by atoms with Crippen molar-refractivity contribution >= 4 is 0 Å². The van der Waals surface area contributed by atoms with E-state index in [4.69, 9.17) is 0 Å². The Balaban J connectivity index is 2.28. The van der Waals surface area contributed by atoms with Gasteiger partial charge in [0.2, 0.25) is 0 Å². The standard InChI is InChI=1S/C7H13N3/c1-7(2)3-4-10-6-8-5-9-10/h5-7H,3-4H2,1-2H3. The van der Waals surface area contributed by atoms with Gasteiger partial charge >= 0.3 is 0 Å². The van der Waals surface area contributed by atoms with Gasteiger partial charge in [-0.1, -0.05) is 13.8 Å². The Morgan fingerprint density at radius 2 is 2.30 bits per heavy atom. The molecule has 0 radical (unpaired) electrons. The fraction of sp³-hybridized carbons (Fsp3) is 0.714. The third-order valence-electron chi connectivity index (χ3n) is 1.40. The zero-order chi connectivity index (χ0) is 7.40. The molecule has 0 unspecified atom stereocenters. The van der Waals surface area contributed by atoms with Crippen LogP contribution in [0.4, 0.5) is 0 Å². The summed E-state index contributed by atoms with van der Waals surface area (Å²) in [6.45, 7) is 5.39. The van der Waals surface area contributed by atoms with Crippen LogP contribution >= 0.6 is 0 Å². The van der Waals surface area contributed by atoms with Gasteiger partial charge in [-0.2, -0.15) is 5.10 Å². The van der Waals surface area contributed by atoms with Crippen LogP contribution in [0.25, 0.3) is 0 Å². The fourth-order valence-corrected chi connectivity index (χ4v) is 0.739. The van der Waals surface area contributed by atoms with Crippen LogP contribution in [0.1, 0.15) is 20.3 Å². The molecule has 3 nitrogen and oxygen atoms in total. The van der Waals surface area contributed by atoms with Gasteiger partial charge in [0, 0.05) is 6.54 Å². The van der Waals surface area contributed by atoms with Gasteiger partial charge < -0.3 is 0 Å². The Morgan fingerprint density at radius 3 is 2.80 bits per heavy atom. The summed E-state index contributed by atoms with van der Waals surface area (Å²) in [5, 5.41) is 3.99. The average molecular weight is 139 g/mol. The second-order valence-electron chi connectivity index (χ2n) is 2.84. The Bertz CT molecular complexity index is 167. The van der Waals surface area contributed by atoms with Crippen LogP contribution < -0.4 is 0 Å². The van der Waals surface area contributed by atoms with Crippen molar-refractivity contribution in [3.8, 4) is 0 Å². The van der Waals surface area contributed by atoms with E-state index in [1.807, 2.05) is 4.68 Å². The van der Waals surface area contributed by atoms with E-state index >= 15 is 0 Å². The SMILES string of the molecule is CC(C)CCn1cncn1. The van der Waals surface area contributed by atoms with Crippen LogP contribution in [0.3, 0.4) is 0 Å². The molecular formula is C7H13N3. The third kappa shape index (κ3) is 2.17. The van der Waals surface area contributed by atoms with E-state index in [9.17, 15) is 0 Å². The number of hydrogen-bond donors (Lipinski definition) is 0. The van der Waals surface area contributed by atoms with Crippen LogP contribution in [-0.2, 0) is 6.54 Å². The van der Waals surface area contributed by atoms with Crippen LogP contribution in [0, 0.1) is 5.92 Å². The van der Waals surface area contributed by atoms with Crippen molar-refractivity contribution in [2.24, 2.45) is 5.92 Å². The highest BCUT2D eigenvalue weighted by atomic mass is 15.3. The molecule has 0 aromatic carbocycles. The second kappa shape index (κ2) is 3.34. The van der Waals surface area contributed by atoms with Crippen molar-refractivity contribution in [2.45, 2.75) is 26.8 Å². The van der Waals surface area contributed by atoms with Gasteiger partial charge in [0.25, 0.3) is 0 Å². The highest BCUT2D eigenvalue weighted by Gasteiger charge is 1.94. The first-order valence-electron chi connectivity index (χ1n) is 3.61.